The summed E-state index contributed by atoms with van der Waals surface area (Å²) in [6, 6.07) is 2.21. The average Bonchev–Trinajstić information content (AvgIpc) is 2.59. The first-order valence-electron chi connectivity index (χ1n) is 4.95. The van der Waals surface area contributed by atoms with Gasteiger partial charge in [-0.1, -0.05) is 6.92 Å². The van der Waals surface area contributed by atoms with Crippen LogP contribution in [-0.2, 0) is 5.54 Å². The minimum atomic E-state index is -0.0104. The van der Waals surface area contributed by atoms with Crippen LogP contribution in [0.4, 0.5) is 0 Å². The lowest BCUT2D eigenvalue weighted by Crippen LogP contribution is -2.33. The Hall–Kier alpha value is -0.340. The SMILES string of the molecule is Cc1sccc1C1(N)CCC(C)C1. The Labute approximate surface area is 84.0 Å². The van der Waals surface area contributed by atoms with E-state index < -0.39 is 0 Å². The second-order valence-corrected chi connectivity index (χ2v) is 5.51. The van der Waals surface area contributed by atoms with Crippen LogP contribution in [0.1, 0.15) is 36.6 Å². The smallest absolute Gasteiger partial charge is 0.0423 e. The molecule has 0 spiro atoms. The van der Waals surface area contributed by atoms with E-state index in [9.17, 15) is 0 Å². The Morgan fingerprint density at radius 3 is 2.85 bits per heavy atom. The van der Waals surface area contributed by atoms with Crippen molar-refractivity contribution >= 4 is 11.3 Å². The second-order valence-electron chi connectivity index (χ2n) is 4.39. The van der Waals surface area contributed by atoms with E-state index in [2.05, 4.69) is 25.3 Å². The molecule has 0 saturated heterocycles. The molecular formula is C11H17NS. The van der Waals surface area contributed by atoms with Gasteiger partial charge in [-0.2, -0.15) is 0 Å². The van der Waals surface area contributed by atoms with Crippen molar-refractivity contribution in [3.63, 3.8) is 0 Å². The Morgan fingerprint density at radius 1 is 1.62 bits per heavy atom. The maximum absolute atomic E-state index is 6.42. The Kier molecular flexibility index (Phi) is 2.20. The Bertz CT molecular complexity index is 305. The van der Waals surface area contributed by atoms with Gasteiger partial charge < -0.3 is 5.73 Å². The summed E-state index contributed by atoms with van der Waals surface area (Å²) in [5.74, 6) is 0.796. The lowest BCUT2D eigenvalue weighted by molar-refractivity contribution is 0.440. The van der Waals surface area contributed by atoms with Crippen molar-refractivity contribution < 1.29 is 0 Å². The van der Waals surface area contributed by atoms with Crippen LogP contribution >= 0.6 is 11.3 Å². The van der Waals surface area contributed by atoms with E-state index in [0.29, 0.717) is 0 Å². The molecule has 2 N–H and O–H groups in total. The second kappa shape index (κ2) is 3.10. The average molecular weight is 195 g/mol. The highest BCUT2D eigenvalue weighted by molar-refractivity contribution is 7.10. The van der Waals surface area contributed by atoms with E-state index in [0.717, 1.165) is 18.8 Å². The zero-order valence-corrected chi connectivity index (χ0v) is 9.16. The van der Waals surface area contributed by atoms with Gasteiger partial charge in [-0.15, -0.1) is 11.3 Å². The Morgan fingerprint density at radius 2 is 2.38 bits per heavy atom. The number of thiophene rings is 1. The molecule has 0 radical (unpaired) electrons. The molecule has 2 heteroatoms. The van der Waals surface area contributed by atoms with Gasteiger partial charge in [-0.25, -0.2) is 0 Å². The van der Waals surface area contributed by atoms with Gasteiger partial charge in [0.05, 0.1) is 0 Å². The minimum Gasteiger partial charge on any atom is -0.321 e. The predicted octanol–water partition coefficient (Wildman–Crippen LogP) is 3.03. The van der Waals surface area contributed by atoms with Crippen molar-refractivity contribution in [3.8, 4) is 0 Å². The first kappa shape index (κ1) is 9.22. The molecule has 0 aliphatic heterocycles. The first-order valence-corrected chi connectivity index (χ1v) is 5.83. The molecule has 1 fully saturated rings. The lowest BCUT2D eigenvalue weighted by atomic mass is 9.89. The van der Waals surface area contributed by atoms with Crippen LogP contribution in [0.25, 0.3) is 0 Å². The van der Waals surface area contributed by atoms with Crippen LogP contribution in [0.3, 0.4) is 0 Å². The summed E-state index contributed by atoms with van der Waals surface area (Å²) < 4.78 is 0. The third kappa shape index (κ3) is 1.53. The van der Waals surface area contributed by atoms with Gasteiger partial charge in [-0.05, 0) is 49.1 Å². The third-order valence-electron chi connectivity index (χ3n) is 3.19. The molecule has 1 aliphatic rings. The van der Waals surface area contributed by atoms with Gasteiger partial charge in [0.15, 0.2) is 0 Å². The van der Waals surface area contributed by atoms with E-state index in [1.165, 1.54) is 16.9 Å². The lowest BCUT2D eigenvalue weighted by Gasteiger charge is -2.24. The standard InChI is InChI=1S/C11H17NS/c1-8-3-5-11(12,7-8)10-4-6-13-9(10)2/h4,6,8H,3,5,7,12H2,1-2H3. The van der Waals surface area contributed by atoms with Gasteiger partial charge in [0.25, 0.3) is 0 Å². The normalized spacial score (nSPS) is 33.9. The highest BCUT2D eigenvalue weighted by Gasteiger charge is 2.36. The first-order chi connectivity index (χ1) is 6.12. The van der Waals surface area contributed by atoms with Gasteiger partial charge in [0, 0.05) is 10.4 Å². The quantitative estimate of drug-likeness (QED) is 0.732. The molecule has 0 amide bonds. The maximum Gasteiger partial charge on any atom is 0.0423 e. The number of aryl methyl sites for hydroxylation is 1. The summed E-state index contributed by atoms with van der Waals surface area (Å²) in [5.41, 5.74) is 7.80. The fraction of sp³-hybridized carbons (Fsp3) is 0.636. The summed E-state index contributed by atoms with van der Waals surface area (Å²) in [5, 5.41) is 2.16. The molecule has 1 nitrogen and oxygen atoms in total. The molecule has 2 rings (SSSR count). The van der Waals surface area contributed by atoms with E-state index in [1.54, 1.807) is 0 Å². The van der Waals surface area contributed by atoms with E-state index in [1.807, 2.05) is 11.3 Å². The monoisotopic (exact) mass is 195 g/mol. The maximum atomic E-state index is 6.42. The van der Waals surface area contributed by atoms with E-state index in [-0.39, 0.29) is 5.54 Å². The van der Waals surface area contributed by atoms with Crippen LogP contribution < -0.4 is 5.73 Å². The molecule has 2 atom stereocenters. The number of rotatable bonds is 1. The highest BCUT2D eigenvalue weighted by Crippen LogP contribution is 2.41. The number of hydrogen-bond donors (Lipinski definition) is 1. The van der Waals surface area contributed by atoms with Gasteiger partial charge in [0.1, 0.15) is 0 Å². The third-order valence-corrected chi connectivity index (χ3v) is 4.04. The van der Waals surface area contributed by atoms with Crippen LogP contribution in [0, 0.1) is 12.8 Å². The number of nitrogens with two attached hydrogens (primary N) is 1. The molecule has 0 aromatic carbocycles. The summed E-state index contributed by atoms with van der Waals surface area (Å²) in [6.45, 7) is 4.48. The molecule has 1 saturated carbocycles. The molecule has 1 heterocycles. The summed E-state index contributed by atoms with van der Waals surface area (Å²) >= 11 is 1.81. The molecule has 1 aromatic heterocycles. The van der Waals surface area contributed by atoms with Gasteiger partial charge in [-0.3, -0.25) is 0 Å². The van der Waals surface area contributed by atoms with Crippen molar-refractivity contribution in [2.75, 3.05) is 0 Å². The summed E-state index contributed by atoms with van der Waals surface area (Å²) in [4.78, 5) is 1.40. The molecular weight excluding hydrogens is 178 g/mol. The van der Waals surface area contributed by atoms with Crippen molar-refractivity contribution in [2.45, 2.75) is 38.6 Å². The molecule has 13 heavy (non-hydrogen) atoms. The van der Waals surface area contributed by atoms with E-state index >= 15 is 0 Å². The highest BCUT2D eigenvalue weighted by atomic mass is 32.1. The molecule has 0 bridgehead atoms. The van der Waals surface area contributed by atoms with Crippen LogP contribution in [0.2, 0.25) is 0 Å². The zero-order valence-electron chi connectivity index (χ0n) is 8.34. The topological polar surface area (TPSA) is 26.0 Å². The summed E-state index contributed by atoms with van der Waals surface area (Å²) in [6.07, 6.45) is 3.60. The fourth-order valence-electron chi connectivity index (χ4n) is 2.48. The van der Waals surface area contributed by atoms with Crippen LogP contribution in [0.5, 0.6) is 0 Å². The van der Waals surface area contributed by atoms with Gasteiger partial charge >= 0.3 is 0 Å². The molecule has 2 unspecified atom stereocenters. The van der Waals surface area contributed by atoms with Crippen molar-refractivity contribution in [1.29, 1.82) is 0 Å². The Balaban J connectivity index is 2.30. The fourth-order valence-corrected chi connectivity index (χ4v) is 3.28. The molecule has 72 valence electrons. The van der Waals surface area contributed by atoms with E-state index in [4.69, 9.17) is 5.73 Å². The molecule has 1 aliphatic carbocycles. The van der Waals surface area contributed by atoms with Crippen LogP contribution in [0.15, 0.2) is 11.4 Å². The summed E-state index contributed by atoms with van der Waals surface area (Å²) in [7, 11) is 0. The predicted molar refractivity (Wildman–Crippen MR) is 57.9 cm³/mol. The minimum absolute atomic E-state index is 0.0104. The van der Waals surface area contributed by atoms with Crippen molar-refractivity contribution in [1.82, 2.24) is 0 Å². The number of hydrogen-bond acceptors (Lipinski definition) is 2. The largest absolute Gasteiger partial charge is 0.321 e. The van der Waals surface area contributed by atoms with Gasteiger partial charge in [0.2, 0.25) is 0 Å². The van der Waals surface area contributed by atoms with Crippen molar-refractivity contribution in [2.24, 2.45) is 11.7 Å². The van der Waals surface area contributed by atoms with Crippen molar-refractivity contribution in [3.05, 3.63) is 21.9 Å². The zero-order chi connectivity index (χ0) is 9.47. The van der Waals surface area contributed by atoms with Crippen LogP contribution in [-0.4, -0.2) is 0 Å². The molecule has 1 aromatic rings.